The Hall–Kier alpha value is -1.89. The van der Waals surface area contributed by atoms with Crippen molar-refractivity contribution in [2.75, 3.05) is 0 Å². The van der Waals surface area contributed by atoms with Crippen LogP contribution in [0.15, 0.2) is 24.4 Å². The van der Waals surface area contributed by atoms with Crippen molar-refractivity contribution in [1.29, 1.82) is 0 Å². The number of alkyl halides is 3. The third-order valence-electron chi connectivity index (χ3n) is 2.11. The molecule has 18 heavy (non-hydrogen) atoms. The van der Waals surface area contributed by atoms with E-state index in [1.165, 1.54) is 12.3 Å². The van der Waals surface area contributed by atoms with Crippen LogP contribution in [0.4, 0.5) is 13.2 Å². The van der Waals surface area contributed by atoms with Crippen molar-refractivity contribution < 1.29 is 18.0 Å². The van der Waals surface area contributed by atoms with E-state index in [4.69, 9.17) is 11.6 Å². The van der Waals surface area contributed by atoms with Crippen molar-refractivity contribution in [3.63, 3.8) is 0 Å². The Labute approximate surface area is 104 Å². The molecule has 0 N–H and O–H groups in total. The third kappa shape index (κ3) is 2.51. The summed E-state index contributed by atoms with van der Waals surface area (Å²) >= 11 is 5.62. The van der Waals surface area contributed by atoms with Gasteiger partial charge in [0.15, 0.2) is 6.29 Å². The van der Waals surface area contributed by atoms with Crippen molar-refractivity contribution in [2.45, 2.75) is 6.18 Å². The molecule has 1 aromatic heterocycles. The van der Waals surface area contributed by atoms with Crippen LogP contribution in [0, 0.1) is 0 Å². The fourth-order valence-corrected chi connectivity index (χ4v) is 1.56. The number of hydrogen-bond donors (Lipinski definition) is 0. The van der Waals surface area contributed by atoms with Gasteiger partial charge in [0, 0.05) is 5.02 Å². The van der Waals surface area contributed by atoms with E-state index in [1.54, 1.807) is 0 Å². The molecule has 0 bridgehead atoms. The Morgan fingerprint density at radius 2 is 2.00 bits per heavy atom. The van der Waals surface area contributed by atoms with Crippen LogP contribution in [-0.4, -0.2) is 21.3 Å². The first-order valence-corrected chi connectivity index (χ1v) is 5.03. The van der Waals surface area contributed by atoms with Gasteiger partial charge in [-0.2, -0.15) is 13.2 Å². The van der Waals surface area contributed by atoms with Crippen LogP contribution in [0.25, 0.3) is 5.69 Å². The minimum Gasteiger partial charge on any atom is -0.296 e. The number of hydrogen-bond acceptors (Lipinski definition) is 3. The van der Waals surface area contributed by atoms with Crippen LogP contribution in [0.5, 0.6) is 0 Å². The first-order chi connectivity index (χ1) is 8.40. The fourth-order valence-electron chi connectivity index (χ4n) is 1.33. The quantitative estimate of drug-likeness (QED) is 0.792. The summed E-state index contributed by atoms with van der Waals surface area (Å²) in [7, 11) is 0. The predicted molar refractivity (Wildman–Crippen MR) is 56.8 cm³/mol. The van der Waals surface area contributed by atoms with Gasteiger partial charge in [0.2, 0.25) is 0 Å². The molecule has 1 aromatic carbocycles. The molecule has 0 atom stereocenters. The molecular weight excluding hydrogens is 271 g/mol. The minimum absolute atomic E-state index is 0.0172. The number of aldehydes is 1. The highest BCUT2D eigenvalue weighted by Crippen LogP contribution is 2.32. The second kappa shape index (κ2) is 4.41. The molecule has 8 heteroatoms. The Bertz CT molecular complexity index is 594. The zero-order chi connectivity index (χ0) is 13.3. The van der Waals surface area contributed by atoms with Gasteiger partial charge in [-0.25, -0.2) is 4.68 Å². The Kier molecular flexibility index (Phi) is 3.08. The largest absolute Gasteiger partial charge is 0.416 e. The summed E-state index contributed by atoms with van der Waals surface area (Å²) in [5.74, 6) is 0. The molecule has 0 unspecified atom stereocenters. The third-order valence-corrected chi connectivity index (χ3v) is 2.32. The molecular formula is C10H5ClF3N3O. The summed E-state index contributed by atoms with van der Waals surface area (Å²) < 4.78 is 38.8. The minimum atomic E-state index is -4.51. The van der Waals surface area contributed by atoms with Crippen molar-refractivity contribution in [1.82, 2.24) is 15.0 Å². The lowest BCUT2D eigenvalue weighted by atomic mass is 10.2. The highest BCUT2D eigenvalue weighted by molar-refractivity contribution is 6.30. The maximum Gasteiger partial charge on any atom is 0.416 e. The Balaban J connectivity index is 2.51. The number of carbonyl (C=O) groups is 1. The molecule has 0 amide bonds. The summed E-state index contributed by atoms with van der Waals surface area (Å²) in [6, 6.07) is 2.97. The molecule has 1 heterocycles. The molecule has 4 nitrogen and oxygen atoms in total. The van der Waals surface area contributed by atoms with Crippen LogP contribution in [0.3, 0.4) is 0 Å². The average Bonchev–Trinajstić information content (AvgIpc) is 2.75. The molecule has 0 aliphatic carbocycles. The lowest BCUT2D eigenvalue weighted by molar-refractivity contribution is -0.137. The molecule has 2 aromatic rings. The molecule has 0 fully saturated rings. The van der Waals surface area contributed by atoms with Gasteiger partial charge in [-0.1, -0.05) is 16.8 Å². The number of halogens is 4. The van der Waals surface area contributed by atoms with Crippen LogP contribution in [0.2, 0.25) is 5.02 Å². The first kappa shape index (κ1) is 12.6. The van der Waals surface area contributed by atoms with Crippen LogP contribution >= 0.6 is 11.6 Å². The van der Waals surface area contributed by atoms with Gasteiger partial charge >= 0.3 is 6.18 Å². The SMILES string of the molecule is O=Cc1cn(-c2cc(Cl)cc(C(F)(F)F)c2)nn1. The highest BCUT2D eigenvalue weighted by Gasteiger charge is 2.31. The standard InChI is InChI=1S/C10H5ClF3N3O/c11-7-1-6(10(12,13)14)2-9(3-7)17-4-8(5-18)15-16-17/h1-5H. The van der Waals surface area contributed by atoms with Gasteiger partial charge in [-0.05, 0) is 18.2 Å². The number of benzene rings is 1. The number of aromatic nitrogens is 3. The average molecular weight is 276 g/mol. The van der Waals surface area contributed by atoms with Crippen LogP contribution < -0.4 is 0 Å². The molecule has 0 aliphatic heterocycles. The molecule has 0 saturated carbocycles. The van der Waals surface area contributed by atoms with Gasteiger partial charge in [0.1, 0.15) is 5.69 Å². The maximum atomic E-state index is 12.6. The van der Waals surface area contributed by atoms with Gasteiger partial charge in [-0.15, -0.1) is 5.10 Å². The van der Waals surface area contributed by atoms with Gasteiger partial charge < -0.3 is 0 Å². The topological polar surface area (TPSA) is 47.8 Å². The summed E-state index contributed by atoms with van der Waals surface area (Å²) in [4.78, 5) is 10.4. The molecule has 94 valence electrons. The van der Waals surface area contributed by atoms with Crippen LogP contribution in [0.1, 0.15) is 16.1 Å². The summed E-state index contributed by atoms with van der Waals surface area (Å²) in [5.41, 5.74) is -0.799. The van der Waals surface area contributed by atoms with E-state index < -0.39 is 11.7 Å². The summed E-state index contributed by atoms with van der Waals surface area (Å²) in [5, 5.41) is 6.90. The van der Waals surface area contributed by atoms with Gasteiger partial charge in [-0.3, -0.25) is 4.79 Å². The van der Waals surface area contributed by atoms with Crippen LogP contribution in [-0.2, 0) is 6.18 Å². The van der Waals surface area contributed by atoms with E-state index in [0.717, 1.165) is 16.8 Å². The first-order valence-electron chi connectivity index (χ1n) is 4.66. The zero-order valence-electron chi connectivity index (χ0n) is 8.65. The Morgan fingerprint density at radius 3 is 2.56 bits per heavy atom. The predicted octanol–water partition coefficient (Wildman–Crippen LogP) is 2.75. The lowest BCUT2D eigenvalue weighted by Crippen LogP contribution is -2.06. The van der Waals surface area contributed by atoms with Crippen molar-refractivity contribution in [3.8, 4) is 5.69 Å². The van der Waals surface area contributed by atoms with Gasteiger partial charge in [0.05, 0.1) is 17.4 Å². The number of rotatable bonds is 2. The number of nitrogens with zero attached hydrogens (tertiary/aromatic N) is 3. The fraction of sp³-hybridized carbons (Fsp3) is 0.100. The molecule has 0 aliphatic rings. The molecule has 0 saturated heterocycles. The van der Waals surface area contributed by atoms with Crippen molar-refractivity contribution >= 4 is 17.9 Å². The van der Waals surface area contributed by atoms with E-state index in [2.05, 4.69) is 10.3 Å². The molecule has 0 radical (unpaired) electrons. The zero-order valence-corrected chi connectivity index (χ0v) is 9.40. The van der Waals surface area contributed by atoms with E-state index in [1.807, 2.05) is 0 Å². The van der Waals surface area contributed by atoms with Crippen molar-refractivity contribution in [2.24, 2.45) is 0 Å². The lowest BCUT2D eigenvalue weighted by Gasteiger charge is -2.09. The van der Waals surface area contributed by atoms with Crippen molar-refractivity contribution in [3.05, 3.63) is 40.7 Å². The normalized spacial score (nSPS) is 11.6. The summed E-state index contributed by atoms with van der Waals surface area (Å²) in [6.45, 7) is 0. The van der Waals surface area contributed by atoms with E-state index in [9.17, 15) is 18.0 Å². The Morgan fingerprint density at radius 1 is 1.28 bits per heavy atom. The summed E-state index contributed by atoms with van der Waals surface area (Å²) in [6.07, 6.45) is -2.86. The smallest absolute Gasteiger partial charge is 0.296 e. The maximum absolute atomic E-state index is 12.6. The van der Waals surface area contributed by atoms with E-state index in [0.29, 0.717) is 6.29 Å². The molecule has 0 spiro atoms. The van der Waals surface area contributed by atoms with Gasteiger partial charge in [0.25, 0.3) is 0 Å². The van der Waals surface area contributed by atoms with E-state index >= 15 is 0 Å². The van der Waals surface area contributed by atoms with E-state index in [-0.39, 0.29) is 16.4 Å². The molecule has 2 rings (SSSR count). The second-order valence-electron chi connectivity index (χ2n) is 3.40. The number of carbonyl (C=O) groups excluding carboxylic acids is 1. The monoisotopic (exact) mass is 275 g/mol. The second-order valence-corrected chi connectivity index (χ2v) is 3.84. The highest BCUT2D eigenvalue weighted by atomic mass is 35.5.